The summed E-state index contributed by atoms with van der Waals surface area (Å²) in [7, 11) is 0. The number of amides is 2. The SMILES string of the molecule is CC(=O)NCc1cc(C(=O)Nc2ccc3[nH]c(=O)oc3c2)ccn1. The van der Waals surface area contributed by atoms with Crippen LogP contribution in [0.5, 0.6) is 0 Å². The number of anilines is 1. The molecule has 8 heteroatoms. The monoisotopic (exact) mass is 326 g/mol. The summed E-state index contributed by atoms with van der Waals surface area (Å²) in [6.45, 7) is 1.66. The standard InChI is InChI=1S/C16H14N4O4/c1-9(21)18-8-12-6-10(4-5-17-12)15(22)19-11-2-3-13-14(7-11)24-16(23)20-13/h2-7H,8H2,1H3,(H,18,21)(H,19,22)(H,20,23). The highest BCUT2D eigenvalue weighted by molar-refractivity contribution is 6.04. The molecule has 0 bridgehead atoms. The second kappa shape index (κ2) is 6.37. The van der Waals surface area contributed by atoms with E-state index in [9.17, 15) is 14.4 Å². The predicted molar refractivity (Wildman–Crippen MR) is 86.5 cm³/mol. The van der Waals surface area contributed by atoms with E-state index in [1.54, 1.807) is 30.3 Å². The third kappa shape index (κ3) is 3.49. The van der Waals surface area contributed by atoms with Gasteiger partial charge in [-0.2, -0.15) is 0 Å². The summed E-state index contributed by atoms with van der Waals surface area (Å²) < 4.78 is 4.96. The van der Waals surface area contributed by atoms with Crippen molar-refractivity contribution >= 4 is 28.6 Å². The molecule has 2 heterocycles. The van der Waals surface area contributed by atoms with Gasteiger partial charge in [-0.05, 0) is 24.3 Å². The van der Waals surface area contributed by atoms with Gasteiger partial charge in [0.05, 0.1) is 17.8 Å². The van der Waals surface area contributed by atoms with Crippen LogP contribution in [-0.2, 0) is 11.3 Å². The molecule has 2 aromatic heterocycles. The van der Waals surface area contributed by atoms with Gasteiger partial charge in [0.15, 0.2) is 5.58 Å². The topological polar surface area (TPSA) is 117 Å². The summed E-state index contributed by atoms with van der Waals surface area (Å²) in [4.78, 5) is 41.0. The molecule has 3 N–H and O–H groups in total. The Kier molecular flexibility index (Phi) is 4.11. The molecule has 0 radical (unpaired) electrons. The van der Waals surface area contributed by atoms with Gasteiger partial charge in [0, 0.05) is 30.4 Å². The Bertz CT molecular complexity index is 973. The van der Waals surface area contributed by atoms with E-state index < -0.39 is 5.76 Å². The highest BCUT2D eigenvalue weighted by atomic mass is 16.4. The first-order valence-electron chi connectivity index (χ1n) is 7.15. The van der Waals surface area contributed by atoms with Crippen molar-refractivity contribution in [3.05, 3.63) is 58.3 Å². The maximum atomic E-state index is 12.3. The molecule has 3 aromatic rings. The molecular formula is C16H14N4O4. The lowest BCUT2D eigenvalue weighted by Gasteiger charge is -2.07. The number of hydrogen-bond acceptors (Lipinski definition) is 5. The molecule has 0 aliphatic rings. The molecule has 24 heavy (non-hydrogen) atoms. The van der Waals surface area contributed by atoms with Crippen LogP contribution in [0.2, 0.25) is 0 Å². The third-order valence-corrected chi connectivity index (χ3v) is 3.28. The molecule has 1 aromatic carbocycles. The Morgan fingerprint density at radius 2 is 2.08 bits per heavy atom. The lowest BCUT2D eigenvalue weighted by molar-refractivity contribution is -0.119. The minimum absolute atomic E-state index is 0.173. The maximum Gasteiger partial charge on any atom is 0.417 e. The van der Waals surface area contributed by atoms with Crippen molar-refractivity contribution in [1.29, 1.82) is 0 Å². The van der Waals surface area contributed by atoms with E-state index in [4.69, 9.17) is 4.42 Å². The summed E-state index contributed by atoms with van der Waals surface area (Å²) in [6.07, 6.45) is 1.50. The number of carbonyl (C=O) groups is 2. The van der Waals surface area contributed by atoms with Crippen molar-refractivity contribution in [3.8, 4) is 0 Å². The van der Waals surface area contributed by atoms with Crippen LogP contribution in [0, 0.1) is 0 Å². The molecule has 0 saturated heterocycles. The van der Waals surface area contributed by atoms with E-state index in [0.29, 0.717) is 28.0 Å². The Labute approximate surface area is 135 Å². The number of fused-ring (bicyclic) bond motifs is 1. The van der Waals surface area contributed by atoms with E-state index in [2.05, 4.69) is 20.6 Å². The molecule has 0 spiro atoms. The van der Waals surface area contributed by atoms with Crippen molar-refractivity contribution in [1.82, 2.24) is 15.3 Å². The molecule has 8 nitrogen and oxygen atoms in total. The van der Waals surface area contributed by atoms with E-state index in [1.807, 2.05) is 0 Å². The number of H-pyrrole nitrogens is 1. The number of pyridine rings is 1. The van der Waals surface area contributed by atoms with Crippen LogP contribution in [0.25, 0.3) is 11.1 Å². The van der Waals surface area contributed by atoms with E-state index in [0.717, 1.165) is 0 Å². The van der Waals surface area contributed by atoms with Crippen molar-refractivity contribution in [2.24, 2.45) is 0 Å². The fourth-order valence-electron chi connectivity index (χ4n) is 2.16. The smallest absolute Gasteiger partial charge is 0.408 e. The predicted octanol–water partition coefficient (Wildman–Crippen LogP) is 1.40. The zero-order chi connectivity index (χ0) is 17.1. The van der Waals surface area contributed by atoms with E-state index in [-0.39, 0.29) is 18.4 Å². The van der Waals surface area contributed by atoms with Gasteiger partial charge < -0.3 is 15.1 Å². The zero-order valence-electron chi connectivity index (χ0n) is 12.8. The average molecular weight is 326 g/mol. The second-order valence-electron chi connectivity index (χ2n) is 5.13. The van der Waals surface area contributed by atoms with E-state index in [1.165, 1.54) is 13.1 Å². The van der Waals surface area contributed by atoms with Crippen LogP contribution in [0.1, 0.15) is 23.0 Å². The van der Waals surface area contributed by atoms with Crippen molar-refractivity contribution < 1.29 is 14.0 Å². The van der Waals surface area contributed by atoms with Crippen LogP contribution < -0.4 is 16.4 Å². The quantitative estimate of drug-likeness (QED) is 0.670. The van der Waals surface area contributed by atoms with Crippen molar-refractivity contribution in [2.75, 3.05) is 5.32 Å². The van der Waals surface area contributed by atoms with Crippen LogP contribution in [0.15, 0.2) is 45.7 Å². The lowest BCUT2D eigenvalue weighted by Crippen LogP contribution is -2.20. The first kappa shape index (κ1) is 15.5. The van der Waals surface area contributed by atoms with Gasteiger partial charge in [0.2, 0.25) is 5.91 Å². The Hall–Kier alpha value is -3.42. The van der Waals surface area contributed by atoms with Crippen LogP contribution in [0.4, 0.5) is 5.69 Å². The van der Waals surface area contributed by atoms with Gasteiger partial charge >= 0.3 is 5.76 Å². The molecule has 0 aliphatic carbocycles. The molecule has 0 unspecified atom stereocenters. The first-order chi connectivity index (χ1) is 11.5. The van der Waals surface area contributed by atoms with Gasteiger partial charge in [0.1, 0.15) is 0 Å². The largest absolute Gasteiger partial charge is 0.417 e. The van der Waals surface area contributed by atoms with Crippen molar-refractivity contribution in [2.45, 2.75) is 13.5 Å². The molecule has 0 atom stereocenters. The summed E-state index contributed by atoms with van der Waals surface area (Å²) in [5, 5.41) is 5.34. The summed E-state index contributed by atoms with van der Waals surface area (Å²) in [5.74, 6) is -1.06. The number of carbonyl (C=O) groups excluding carboxylic acids is 2. The molecule has 3 rings (SSSR count). The third-order valence-electron chi connectivity index (χ3n) is 3.28. The number of nitrogens with zero attached hydrogens (tertiary/aromatic N) is 1. The van der Waals surface area contributed by atoms with Crippen LogP contribution in [-0.4, -0.2) is 21.8 Å². The van der Waals surface area contributed by atoms with Crippen molar-refractivity contribution in [3.63, 3.8) is 0 Å². The molecule has 0 fully saturated rings. The summed E-state index contributed by atoms with van der Waals surface area (Å²) >= 11 is 0. The lowest BCUT2D eigenvalue weighted by atomic mass is 10.2. The molecular weight excluding hydrogens is 312 g/mol. The van der Waals surface area contributed by atoms with Gasteiger partial charge in [-0.15, -0.1) is 0 Å². The number of benzene rings is 1. The Morgan fingerprint density at radius 3 is 2.88 bits per heavy atom. The number of rotatable bonds is 4. The summed E-state index contributed by atoms with van der Waals surface area (Å²) in [6, 6.07) is 8.03. The average Bonchev–Trinajstić information content (AvgIpc) is 2.92. The van der Waals surface area contributed by atoms with Gasteiger partial charge in [-0.3, -0.25) is 19.6 Å². The maximum absolute atomic E-state index is 12.3. The molecule has 0 aliphatic heterocycles. The Balaban J connectivity index is 1.76. The minimum atomic E-state index is -0.551. The second-order valence-corrected chi connectivity index (χ2v) is 5.13. The number of aromatic amines is 1. The zero-order valence-corrected chi connectivity index (χ0v) is 12.8. The minimum Gasteiger partial charge on any atom is -0.408 e. The molecule has 122 valence electrons. The molecule has 2 amide bonds. The van der Waals surface area contributed by atoms with Gasteiger partial charge in [-0.1, -0.05) is 0 Å². The van der Waals surface area contributed by atoms with Gasteiger partial charge in [0.25, 0.3) is 5.91 Å². The fourth-order valence-corrected chi connectivity index (χ4v) is 2.16. The highest BCUT2D eigenvalue weighted by Gasteiger charge is 2.09. The number of aromatic nitrogens is 2. The number of nitrogens with one attached hydrogen (secondary N) is 3. The van der Waals surface area contributed by atoms with Crippen LogP contribution in [0.3, 0.4) is 0 Å². The molecule has 0 saturated carbocycles. The van der Waals surface area contributed by atoms with E-state index >= 15 is 0 Å². The first-order valence-corrected chi connectivity index (χ1v) is 7.15. The highest BCUT2D eigenvalue weighted by Crippen LogP contribution is 2.17. The summed E-state index contributed by atoms with van der Waals surface area (Å²) in [5.41, 5.74) is 2.39. The van der Waals surface area contributed by atoms with Gasteiger partial charge in [-0.25, -0.2) is 4.79 Å². The fraction of sp³-hybridized carbons (Fsp3) is 0.125. The number of hydrogen-bond donors (Lipinski definition) is 3. The number of oxazole rings is 1. The normalized spacial score (nSPS) is 10.5. The van der Waals surface area contributed by atoms with Crippen LogP contribution >= 0.6 is 0 Å². The Morgan fingerprint density at radius 1 is 1.25 bits per heavy atom.